The van der Waals surface area contributed by atoms with Crippen LogP contribution in [-0.4, -0.2) is 47.4 Å². The molecule has 0 spiro atoms. The van der Waals surface area contributed by atoms with Crippen LogP contribution in [0, 0.1) is 0 Å². The number of rotatable bonds is 53. The van der Waals surface area contributed by atoms with Gasteiger partial charge in [-0.1, -0.05) is 255 Å². The van der Waals surface area contributed by atoms with E-state index in [2.05, 4.69) is 61.7 Å². The maximum Gasteiger partial charge on any atom is 0.305 e. The highest BCUT2D eigenvalue weighted by atomic mass is 16.5. The fourth-order valence-corrected chi connectivity index (χ4v) is 8.66. The molecule has 66 heavy (non-hydrogen) atoms. The summed E-state index contributed by atoms with van der Waals surface area (Å²) < 4.78 is 5.47. The molecule has 2 unspecified atom stereocenters. The molecule has 6 nitrogen and oxygen atoms in total. The number of carbonyl (C=O) groups excluding carboxylic acids is 2. The van der Waals surface area contributed by atoms with E-state index in [1.807, 2.05) is 6.08 Å². The summed E-state index contributed by atoms with van der Waals surface area (Å²) in [7, 11) is 0. The lowest BCUT2D eigenvalue weighted by molar-refractivity contribution is -0.143. The molecule has 2 atom stereocenters. The van der Waals surface area contributed by atoms with Gasteiger partial charge in [0.15, 0.2) is 0 Å². The Labute approximate surface area is 410 Å². The van der Waals surface area contributed by atoms with Crippen LogP contribution in [0.15, 0.2) is 48.6 Å². The standard InChI is InChI=1S/C60H111NO5/c1-3-5-7-9-11-13-15-17-19-21-22-24-26-30-34-38-42-46-50-54-60(65)66-55-51-47-43-39-35-31-27-29-33-37-41-45-49-53-59(64)61-57(56-62)58(63)52-48-44-40-36-32-28-25-23-20-18-16-14-12-10-8-6-4-2/h11,13,17,19,29,33,41,45,57-58,62-63H,3-10,12,14-16,18,20-28,30-32,34-40,42-44,46-56H2,1-2H3,(H,61,64)/b13-11-,19-17-,33-29-,45-41-. The number of aliphatic hydroxyl groups is 2. The predicted molar refractivity (Wildman–Crippen MR) is 287 cm³/mol. The van der Waals surface area contributed by atoms with Crippen LogP contribution in [0.5, 0.6) is 0 Å². The van der Waals surface area contributed by atoms with Crippen LogP contribution >= 0.6 is 0 Å². The summed E-state index contributed by atoms with van der Waals surface area (Å²) in [5, 5.41) is 23.2. The molecule has 0 radical (unpaired) electrons. The minimum atomic E-state index is -0.700. The summed E-state index contributed by atoms with van der Waals surface area (Å²) >= 11 is 0. The largest absolute Gasteiger partial charge is 0.466 e. The van der Waals surface area contributed by atoms with Crippen LogP contribution in [0.3, 0.4) is 0 Å². The fraction of sp³-hybridized carbons (Fsp3) is 0.833. The highest BCUT2D eigenvalue weighted by Gasteiger charge is 2.19. The van der Waals surface area contributed by atoms with Crippen molar-refractivity contribution in [2.24, 2.45) is 0 Å². The summed E-state index contributed by atoms with van der Waals surface area (Å²) in [6.07, 6.45) is 69.7. The van der Waals surface area contributed by atoms with Gasteiger partial charge in [-0.3, -0.25) is 9.59 Å². The van der Waals surface area contributed by atoms with Gasteiger partial charge in [-0.25, -0.2) is 0 Å². The van der Waals surface area contributed by atoms with Gasteiger partial charge in [-0.15, -0.1) is 0 Å². The van der Waals surface area contributed by atoms with Crippen LogP contribution in [-0.2, 0) is 14.3 Å². The van der Waals surface area contributed by atoms with Crippen molar-refractivity contribution in [2.75, 3.05) is 13.2 Å². The number of amides is 1. The number of aliphatic hydroxyl groups excluding tert-OH is 2. The first-order chi connectivity index (χ1) is 32.5. The Kier molecular flexibility index (Phi) is 53.6. The minimum absolute atomic E-state index is 0.0209. The van der Waals surface area contributed by atoms with Gasteiger partial charge in [0.25, 0.3) is 0 Å². The topological polar surface area (TPSA) is 95.9 Å². The molecule has 0 aliphatic carbocycles. The smallest absolute Gasteiger partial charge is 0.305 e. The van der Waals surface area contributed by atoms with Gasteiger partial charge in [0.1, 0.15) is 0 Å². The molecule has 0 heterocycles. The van der Waals surface area contributed by atoms with E-state index in [4.69, 9.17) is 4.74 Å². The SMILES string of the molecule is CCCCC/C=C\C/C=C\CCCCCCCCCCCC(=O)OCCCCCCCC/C=C\C/C=C\CCC(=O)NC(CO)C(O)CCCCCCCCCCCCCCCCCCC. The lowest BCUT2D eigenvalue weighted by Gasteiger charge is -2.22. The minimum Gasteiger partial charge on any atom is -0.466 e. The Morgan fingerprint density at radius 3 is 1.21 bits per heavy atom. The van der Waals surface area contributed by atoms with Crippen LogP contribution in [0.2, 0.25) is 0 Å². The van der Waals surface area contributed by atoms with E-state index >= 15 is 0 Å². The number of nitrogens with one attached hydrogen (secondary N) is 1. The average molecular weight is 927 g/mol. The maximum atomic E-state index is 12.4. The first-order valence-electron chi connectivity index (χ1n) is 28.9. The monoisotopic (exact) mass is 926 g/mol. The molecule has 0 fully saturated rings. The van der Waals surface area contributed by atoms with E-state index < -0.39 is 12.1 Å². The number of unbranched alkanes of at least 4 members (excludes halogenated alkanes) is 34. The lowest BCUT2D eigenvalue weighted by Crippen LogP contribution is -2.45. The number of hydrogen-bond donors (Lipinski definition) is 3. The highest BCUT2D eigenvalue weighted by Crippen LogP contribution is 2.16. The first-order valence-corrected chi connectivity index (χ1v) is 28.9. The normalized spacial score (nSPS) is 13.0. The quantitative estimate of drug-likeness (QED) is 0.0321. The molecule has 0 rings (SSSR count). The van der Waals surface area contributed by atoms with Crippen molar-refractivity contribution in [1.29, 1.82) is 0 Å². The van der Waals surface area contributed by atoms with Crippen molar-refractivity contribution < 1.29 is 24.5 Å². The third kappa shape index (κ3) is 51.2. The highest BCUT2D eigenvalue weighted by molar-refractivity contribution is 5.76. The van der Waals surface area contributed by atoms with E-state index in [0.29, 0.717) is 32.3 Å². The Morgan fingerprint density at radius 1 is 0.424 bits per heavy atom. The molecule has 0 saturated heterocycles. The van der Waals surface area contributed by atoms with Gasteiger partial charge in [0, 0.05) is 12.8 Å². The van der Waals surface area contributed by atoms with Crippen molar-refractivity contribution in [2.45, 2.75) is 309 Å². The number of allylic oxidation sites excluding steroid dienone is 8. The molecular weight excluding hydrogens is 815 g/mol. The van der Waals surface area contributed by atoms with Crippen LogP contribution in [0.4, 0.5) is 0 Å². The van der Waals surface area contributed by atoms with E-state index in [1.165, 1.54) is 199 Å². The summed E-state index contributed by atoms with van der Waals surface area (Å²) in [4.78, 5) is 24.5. The zero-order valence-corrected chi connectivity index (χ0v) is 43.9. The van der Waals surface area contributed by atoms with Crippen molar-refractivity contribution in [3.63, 3.8) is 0 Å². The van der Waals surface area contributed by atoms with Gasteiger partial charge >= 0.3 is 5.97 Å². The first kappa shape index (κ1) is 63.8. The molecule has 0 saturated carbocycles. The molecular formula is C60H111NO5. The molecule has 3 N–H and O–H groups in total. The van der Waals surface area contributed by atoms with E-state index in [9.17, 15) is 19.8 Å². The maximum absolute atomic E-state index is 12.4. The molecule has 0 aromatic carbocycles. The molecule has 0 aliphatic rings. The van der Waals surface area contributed by atoms with Gasteiger partial charge in [-0.2, -0.15) is 0 Å². The van der Waals surface area contributed by atoms with Crippen LogP contribution in [0.1, 0.15) is 296 Å². The Balaban J connectivity index is 3.53. The zero-order valence-electron chi connectivity index (χ0n) is 43.9. The molecule has 0 aromatic rings. The van der Waals surface area contributed by atoms with Gasteiger partial charge in [0.2, 0.25) is 5.91 Å². The van der Waals surface area contributed by atoms with Crippen molar-refractivity contribution in [1.82, 2.24) is 5.32 Å². The Morgan fingerprint density at radius 2 is 0.773 bits per heavy atom. The van der Waals surface area contributed by atoms with Crippen LogP contribution in [0.25, 0.3) is 0 Å². The predicted octanol–water partition coefficient (Wildman–Crippen LogP) is 17.8. The Bertz CT molecular complexity index is 1110. The Hall–Kier alpha value is -2.18. The van der Waals surface area contributed by atoms with Gasteiger partial charge in [0.05, 0.1) is 25.4 Å². The second-order valence-electron chi connectivity index (χ2n) is 19.6. The van der Waals surface area contributed by atoms with Crippen LogP contribution < -0.4 is 5.32 Å². The molecule has 386 valence electrons. The average Bonchev–Trinajstić information content (AvgIpc) is 3.32. The summed E-state index contributed by atoms with van der Waals surface area (Å²) in [6, 6.07) is -0.587. The number of esters is 1. The van der Waals surface area contributed by atoms with E-state index in [1.54, 1.807) is 0 Å². The number of carbonyl (C=O) groups is 2. The third-order valence-corrected chi connectivity index (χ3v) is 13.1. The van der Waals surface area contributed by atoms with Gasteiger partial charge in [-0.05, 0) is 77.0 Å². The van der Waals surface area contributed by atoms with Gasteiger partial charge < -0.3 is 20.3 Å². The van der Waals surface area contributed by atoms with Crippen molar-refractivity contribution in [3.8, 4) is 0 Å². The molecule has 0 aliphatic heterocycles. The van der Waals surface area contributed by atoms with E-state index in [-0.39, 0.29) is 18.5 Å². The number of hydrogen-bond acceptors (Lipinski definition) is 5. The number of ether oxygens (including phenoxy) is 1. The molecule has 1 amide bonds. The third-order valence-electron chi connectivity index (χ3n) is 13.1. The summed E-state index contributed by atoms with van der Waals surface area (Å²) in [5.41, 5.74) is 0. The summed E-state index contributed by atoms with van der Waals surface area (Å²) in [6.45, 7) is 4.87. The fourth-order valence-electron chi connectivity index (χ4n) is 8.66. The molecule has 0 aromatic heterocycles. The summed E-state index contributed by atoms with van der Waals surface area (Å²) in [5.74, 6) is -0.136. The molecule has 0 bridgehead atoms. The lowest BCUT2D eigenvalue weighted by atomic mass is 10.0. The molecule has 6 heteroatoms. The van der Waals surface area contributed by atoms with Crippen molar-refractivity contribution >= 4 is 11.9 Å². The van der Waals surface area contributed by atoms with Crippen molar-refractivity contribution in [3.05, 3.63) is 48.6 Å². The van der Waals surface area contributed by atoms with E-state index in [0.717, 1.165) is 57.8 Å². The zero-order chi connectivity index (χ0) is 47.9. The second-order valence-corrected chi connectivity index (χ2v) is 19.6. The second kappa shape index (κ2) is 55.4.